The van der Waals surface area contributed by atoms with E-state index in [0.29, 0.717) is 12.1 Å². The second-order valence-electron chi connectivity index (χ2n) is 6.21. The van der Waals surface area contributed by atoms with Crippen molar-refractivity contribution in [2.45, 2.75) is 31.7 Å². The van der Waals surface area contributed by atoms with Crippen LogP contribution in [0.15, 0.2) is 45.6 Å². The molecule has 1 atom stereocenters. The van der Waals surface area contributed by atoms with Crippen molar-refractivity contribution >= 4 is 33.2 Å². The first-order chi connectivity index (χ1) is 11.8. The van der Waals surface area contributed by atoms with Crippen LogP contribution in [0.1, 0.15) is 47.6 Å². The van der Waals surface area contributed by atoms with Gasteiger partial charge in [-0.25, -0.2) is 0 Å². The zero-order chi connectivity index (χ0) is 16.8. The van der Waals surface area contributed by atoms with Gasteiger partial charge in [0.2, 0.25) is 0 Å². The maximum absolute atomic E-state index is 12.5. The van der Waals surface area contributed by atoms with E-state index in [1.54, 1.807) is 11.3 Å². The predicted octanol–water partition coefficient (Wildman–Crippen LogP) is 4.86. The highest BCUT2D eigenvalue weighted by atomic mass is 79.9. The fourth-order valence-corrected chi connectivity index (χ4v) is 4.43. The Labute approximate surface area is 156 Å². The van der Waals surface area contributed by atoms with E-state index >= 15 is 0 Å². The molecule has 0 saturated carbocycles. The molecule has 3 rings (SSSR count). The number of thiophene rings is 1. The lowest BCUT2D eigenvalue weighted by atomic mass is 10.1. The summed E-state index contributed by atoms with van der Waals surface area (Å²) in [6.45, 7) is 2.88. The molecule has 3 nitrogen and oxygen atoms in total. The maximum Gasteiger partial charge on any atom is 0.252 e. The summed E-state index contributed by atoms with van der Waals surface area (Å²) in [5.74, 6) is -0.0162. The van der Waals surface area contributed by atoms with Crippen molar-refractivity contribution in [3.8, 4) is 0 Å². The number of likely N-dealkylation sites (tertiary alicyclic amines) is 1. The van der Waals surface area contributed by atoms with Gasteiger partial charge in [0.15, 0.2) is 0 Å². The van der Waals surface area contributed by atoms with Gasteiger partial charge in [0.05, 0.1) is 11.6 Å². The fourth-order valence-electron chi connectivity index (χ4n) is 3.26. The van der Waals surface area contributed by atoms with Gasteiger partial charge < -0.3 is 5.32 Å². The second-order valence-corrected chi connectivity index (χ2v) is 7.85. The van der Waals surface area contributed by atoms with Gasteiger partial charge in [-0.05, 0) is 76.4 Å². The Bertz CT molecular complexity index is 651. The molecule has 1 fully saturated rings. The standard InChI is InChI=1S/C19H23BrN2OS/c20-17-8-4-3-7-16(17)19(23)21-13-18(15-9-12-24-14-15)22-10-5-1-2-6-11-22/h3-4,7-9,12,14,18H,1-2,5-6,10-11,13H2,(H,21,23). The molecule has 1 aromatic carbocycles. The van der Waals surface area contributed by atoms with E-state index in [2.05, 4.69) is 43.0 Å². The number of benzene rings is 1. The number of hydrogen-bond acceptors (Lipinski definition) is 3. The van der Waals surface area contributed by atoms with E-state index in [4.69, 9.17) is 0 Å². The Balaban J connectivity index is 1.70. The van der Waals surface area contributed by atoms with Crippen LogP contribution in [0.5, 0.6) is 0 Å². The quantitative estimate of drug-likeness (QED) is 0.768. The van der Waals surface area contributed by atoms with E-state index in [0.717, 1.165) is 17.6 Å². The van der Waals surface area contributed by atoms with Crippen molar-refractivity contribution in [2.24, 2.45) is 0 Å². The summed E-state index contributed by atoms with van der Waals surface area (Å²) in [5.41, 5.74) is 2.01. The molecule has 1 aliphatic rings. The van der Waals surface area contributed by atoms with Gasteiger partial charge in [-0.15, -0.1) is 0 Å². The number of nitrogens with one attached hydrogen (secondary N) is 1. The van der Waals surface area contributed by atoms with Gasteiger partial charge in [-0.2, -0.15) is 11.3 Å². The van der Waals surface area contributed by atoms with Crippen LogP contribution in [-0.4, -0.2) is 30.4 Å². The molecule has 0 radical (unpaired) electrons. The maximum atomic E-state index is 12.5. The van der Waals surface area contributed by atoms with Crippen molar-refractivity contribution in [1.82, 2.24) is 10.2 Å². The molecule has 2 aromatic rings. The molecule has 24 heavy (non-hydrogen) atoms. The summed E-state index contributed by atoms with van der Waals surface area (Å²) in [6, 6.07) is 10.0. The van der Waals surface area contributed by atoms with Crippen LogP contribution in [0.25, 0.3) is 0 Å². The minimum Gasteiger partial charge on any atom is -0.350 e. The second kappa shape index (κ2) is 8.79. The van der Waals surface area contributed by atoms with E-state index < -0.39 is 0 Å². The molecule has 0 aliphatic carbocycles. The van der Waals surface area contributed by atoms with E-state index in [1.165, 1.54) is 31.2 Å². The number of nitrogens with zero attached hydrogens (tertiary/aromatic N) is 1. The SMILES string of the molecule is O=C(NCC(c1ccsc1)N1CCCCCC1)c1ccccc1Br. The topological polar surface area (TPSA) is 32.3 Å². The van der Waals surface area contributed by atoms with Gasteiger partial charge in [-0.3, -0.25) is 9.69 Å². The van der Waals surface area contributed by atoms with Gasteiger partial charge in [-0.1, -0.05) is 25.0 Å². The highest BCUT2D eigenvalue weighted by Gasteiger charge is 2.23. The highest BCUT2D eigenvalue weighted by Crippen LogP contribution is 2.26. The smallest absolute Gasteiger partial charge is 0.252 e. The normalized spacial score (nSPS) is 17.2. The molecule has 1 unspecified atom stereocenters. The van der Waals surface area contributed by atoms with Crippen LogP contribution in [0.2, 0.25) is 0 Å². The zero-order valence-corrected chi connectivity index (χ0v) is 16.1. The molecule has 128 valence electrons. The van der Waals surface area contributed by atoms with Crippen molar-refractivity contribution < 1.29 is 4.79 Å². The molecule has 0 spiro atoms. The summed E-state index contributed by atoms with van der Waals surface area (Å²) >= 11 is 5.18. The predicted molar refractivity (Wildman–Crippen MR) is 104 cm³/mol. The van der Waals surface area contributed by atoms with E-state index in [1.807, 2.05) is 24.3 Å². The largest absolute Gasteiger partial charge is 0.350 e. The third kappa shape index (κ3) is 4.47. The first-order valence-corrected chi connectivity index (χ1v) is 10.3. The fraction of sp³-hybridized carbons (Fsp3) is 0.421. The summed E-state index contributed by atoms with van der Waals surface area (Å²) in [4.78, 5) is 15.1. The molecule has 1 amide bonds. The molecule has 1 aromatic heterocycles. The van der Waals surface area contributed by atoms with Crippen LogP contribution in [0.4, 0.5) is 0 Å². The molecule has 2 heterocycles. The zero-order valence-electron chi connectivity index (χ0n) is 13.7. The Morgan fingerprint density at radius 3 is 2.58 bits per heavy atom. The average Bonchev–Trinajstić information content (AvgIpc) is 2.98. The highest BCUT2D eigenvalue weighted by molar-refractivity contribution is 9.10. The summed E-state index contributed by atoms with van der Waals surface area (Å²) < 4.78 is 0.837. The van der Waals surface area contributed by atoms with Crippen molar-refractivity contribution in [2.75, 3.05) is 19.6 Å². The Morgan fingerprint density at radius 2 is 1.92 bits per heavy atom. The van der Waals surface area contributed by atoms with E-state index in [9.17, 15) is 4.79 Å². The van der Waals surface area contributed by atoms with Gasteiger partial charge in [0.25, 0.3) is 5.91 Å². The van der Waals surface area contributed by atoms with Crippen LogP contribution in [0, 0.1) is 0 Å². The van der Waals surface area contributed by atoms with Gasteiger partial charge in [0.1, 0.15) is 0 Å². The van der Waals surface area contributed by atoms with Crippen LogP contribution in [0.3, 0.4) is 0 Å². The third-order valence-electron chi connectivity index (χ3n) is 4.58. The summed E-state index contributed by atoms with van der Waals surface area (Å²) in [5, 5.41) is 7.47. The lowest BCUT2D eigenvalue weighted by Crippen LogP contribution is -2.38. The number of carbonyl (C=O) groups is 1. The number of hydrogen-bond donors (Lipinski definition) is 1. The number of rotatable bonds is 5. The first-order valence-electron chi connectivity index (χ1n) is 8.54. The number of carbonyl (C=O) groups excluding carboxylic acids is 1. The third-order valence-corrected chi connectivity index (χ3v) is 5.98. The van der Waals surface area contributed by atoms with Crippen LogP contribution in [-0.2, 0) is 0 Å². The van der Waals surface area contributed by atoms with Crippen molar-refractivity contribution in [3.05, 3.63) is 56.7 Å². The number of amides is 1. The van der Waals surface area contributed by atoms with Gasteiger partial charge in [0, 0.05) is 11.0 Å². The first kappa shape index (κ1) is 17.6. The Kier molecular flexibility index (Phi) is 6.46. The minimum atomic E-state index is -0.0162. The Hall–Kier alpha value is -1.17. The molecule has 5 heteroatoms. The molecule has 1 saturated heterocycles. The number of halogens is 1. The lowest BCUT2D eigenvalue weighted by molar-refractivity contribution is 0.0932. The van der Waals surface area contributed by atoms with Crippen LogP contribution < -0.4 is 5.32 Å². The molecular weight excluding hydrogens is 384 g/mol. The molecular formula is C19H23BrN2OS. The van der Waals surface area contributed by atoms with Crippen molar-refractivity contribution in [1.29, 1.82) is 0 Å². The molecule has 0 bridgehead atoms. The van der Waals surface area contributed by atoms with E-state index in [-0.39, 0.29) is 11.9 Å². The average molecular weight is 407 g/mol. The van der Waals surface area contributed by atoms with Gasteiger partial charge >= 0.3 is 0 Å². The Morgan fingerprint density at radius 1 is 1.17 bits per heavy atom. The summed E-state index contributed by atoms with van der Waals surface area (Å²) in [6.07, 6.45) is 5.13. The lowest BCUT2D eigenvalue weighted by Gasteiger charge is -2.30. The monoisotopic (exact) mass is 406 g/mol. The minimum absolute atomic E-state index is 0.0162. The molecule has 1 aliphatic heterocycles. The summed E-state index contributed by atoms with van der Waals surface area (Å²) in [7, 11) is 0. The molecule has 1 N–H and O–H groups in total. The van der Waals surface area contributed by atoms with Crippen LogP contribution >= 0.6 is 27.3 Å². The van der Waals surface area contributed by atoms with Crippen molar-refractivity contribution in [3.63, 3.8) is 0 Å².